The van der Waals surface area contributed by atoms with Crippen LogP contribution in [0.3, 0.4) is 0 Å². The lowest BCUT2D eigenvalue weighted by Crippen LogP contribution is -2.28. The van der Waals surface area contributed by atoms with Crippen molar-refractivity contribution >= 4 is 17.5 Å². The molecule has 1 aliphatic heterocycles. The van der Waals surface area contributed by atoms with Gasteiger partial charge in [-0.05, 0) is 55.7 Å². The summed E-state index contributed by atoms with van der Waals surface area (Å²) < 4.78 is 34.3. The molecule has 154 valence electrons. The van der Waals surface area contributed by atoms with Crippen molar-refractivity contribution in [3.63, 3.8) is 0 Å². The molecular weight excluding hydrogens is 382 g/mol. The van der Waals surface area contributed by atoms with Crippen molar-refractivity contribution in [1.29, 1.82) is 0 Å². The minimum atomic E-state index is -3.00. The molecule has 1 saturated heterocycles. The van der Waals surface area contributed by atoms with Gasteiger partial charge < -0.3 is 19.7 Å². The minimum Gasteiger partial charge on any atom is -0.493 e. The first kappa shape index (κ1) is 20.6. The number of benzene rings is 2. The zero-order valence-electron chi connectivity index (χ0n) is 16.2. The number of nitrogens with zero attached hydrogens (tertiary/aromatic N) is 1. The van der Waals surface area contributed by atoms with E-state index >= 15 is 0 Å². The molecule has 2 aromatic carbocycles. The summed E-state index contributed by atoms with van der Waals surface area (Å²) in [4.78, 5) is 27.2. The number of alkyl halides is 2. The van der Waals surface area contributed by atoms with E-state index in [1.807, 2.05) is 0 Å². The first-order chi connectivity index (χ1) is 13.9. The second-order valence-corrected chi connectivity index (χ2v) is 6.68. The fraction of sp³-hybridized carbons (Fsp3) is 0.333. The van der Waals surface area contributed by atoms with Crippen LogP contribution in [0.5, 0.6) is 11.5 Å². The summed E-state index contributed by atoms with van der Waals surface area (Å²) >= 11 is 0. The molecule has 1 N–H and O–H groups in total. The minimum absolute atomic E-state index is 0.0210. The van der Waals surface area contributed by atoms with Gasteiger partial charge in [-0.2, -0.15) is 8.78 Å². The van der Waals surface area contributed by atoms with Crippen molar-refractivity contribution < 1.29 is 27.8 Å². The Balaban J connectivity index is 1.80. The Labute approximate surface area is 167 Å². The number of likely N-dealkylation sites (tertiary alicyclic amines) is 1. The smallest absolute Gasteiger partial charge is 0.387 e. The Morgan fingerprint density at radius 1 is 1.10 bits per heavy atom. The zero-order valence-corrected chi connectivity index (χ0v) is 16.2. The second-order valence-electron chi connectivity index (χ2n) is 6.68. The maximum Gasteiger partial charge on any atom is 0.387 e. The molecule has 0 radical (unpaired) electrons. The third-order valence-corrected chi connectivity index (χ3v) is 4.85. The SMILES string of the molecule is COc1cc(C(=O)Nc2cccc(C(=O)N3CCCC3)c2C)ccc1OC(F)F. The molecular formula is C21H22F2N2O4. The lowest BCUT2D eigenvalue weighted by Gasteiger charge is -2.18. The van der Waals surface area contributed by atoms with Crippen LogP contribution >= 0.6 is 0 Å². The monoisotopic (exact) mass is 404 g/mol. The summed E-state index contributed by atoms with van der Waals surface area (Å²) in [5.41, 5.74) is 1.93. The number of nitrogens with one attached hydrogen (secondary N) is 1. The number of anilines is 1. The normalized spacial score (nSPS) is 13.5. The van der Waals surface area contributed by atoms with Gasteiger partial charge in [0.15, 0.2) is 11.5 Å². The van der Waals surface area contributed by atoms with E-state index in [1.165, 1.54) is 25.3 Å². The highest BCUT2D eigenvalue weighted by Gasteiger charge is 2.22. The Morgan fingerprint density at radius 3 is 2.48 bits per heavy atom. The molecule has 1 heterocycles. The first-order valence-electron chi connectivity index (χ1n) is 9.23. The van der Waals surface area contributed by atoms with E-state index in [1.54, 1.807) is 30.0 Å². The van der Waals surface area contributed by atoms with E-state index in [2.05, 4.69) is 10.1 Å². The van der Waals surface area contributed by atoms with Gasteiger partial charge in [0.2, 0.25) is 0 Å². The molecule has 3 rings (SSSR count). The molecule has 6 nitrogen and oxygen atoms in total. The summed E-state index contributed by atoms with van der Waals surface area (Å²) in [5, 5.41) is 2.77. The lowest BCUT2D eigenvalue weighted by molar-refractivity contribution is -0.0512. The number of ether oxygens (including phenoxy) is 2. The van der Waals surface area contributed by atoms with Gasteiger partial charge in [0, 0.05) is 29.9 Å². The van der Waals surface area contributed by atoms with Gasteiger partial charge in [-0.25, -0.2) is 0 Å². The largest absolute Gasteiger partial charge is 0.493 e. The predicted octanol–water partition coefficient (Wildman–Crippen LogP) is 4.09. The number of hydrogen-bond acceptors (Lipinski definition) is 4. The third kappa shape index (κ3) is 4.64. The Hall–Kier alpha value is -3.16. The average molecular weight is 404 g/mol. The molecule has 0 atom stereocenters. The Kier molecular flexibility index (Phi) is 6.31. The molecule has 2 aromatic rings. The van der Waals surface area contributed by atoms with Crippen LogP contribution in [0.15, 0.2) is 36.4 Å². The molecule has 1 fully saturated rings. The lowest BCUT2D eigenvalue weighted by atomic mass is 10.0. The van der Waals surface area contributed by atoms with Gasteiger partial charge in [0.1, 0.15) is 0 Å². The molecule has 0 unspecified atom stereocenters. The average Bonchev–Trinajstić information content (AvgIpc) is 3.23. The summed E-state index contributed by atoms with van der Waals surface area (Å²) in [5.74, 6) is -0.645. The van der Waals surface area contributed by atoms with Crippen LogP contribution in [-0.2, 0) is 0 Å². The van der Waals surface area contributed by atoms with E-state index in [9.17, 15) is 18.4 Å². The number of rotatable bonds is 6. The number of halogens is 2. The molecule has 0 bridgehead atoms. The van der Waals surface area contributed by atoms with Crippen molar-refractivity contribution in [2.75, 3.05) is 25.5 Å². The van der Waals surface area contributed by atoms with Crippen LogP contribution in [0.25, 0.3) is 0 Å². The number of amides is 2. The molecule has 2 amide bonds. The van der Waals surface area contributed by atoms with Crippen LogP contribution in [0.2, 0.25) is 0 Å². The fourth-order valence-corrected chi connectivity index (χ4v) is 3.29. The van der Waals surface area contributed by atoms with Gasteiger partial charge >= 0.3 is 6.61 Å². The van der Waals surface area contributed by atoms with Crippen molar-refractivity contribution in [1.82, 2.24) is 4.90 Å². The highest BCUT2D eigenvalue weighted by atomic mass is 19.3. The van der Waals surface area contributed by atoms with Crippen molar-refractivity contribution in [3.8, 4) is 11.5 Å². The van der Waals surface area contributed by atoms with E-state index in [4.69, 9.17) is 4.74 Å². The number of carbonyl (C=O) groups is 2. The summed E-state index contributed by atoms with van der Waals surface area (Å²) in [6.45, 7) is 0.254. The molecule has 0 spiro atoms. The molecule has 8 heteroatoms. The van der Waals surface area contributed by atoms with Crippen molar-refractivity contribution in [3.05, 3.63) is 53.1 Å². The van der Waals surface area contributed by atoms with Gasteiger partial charge in [-0.3, -0.25) is 9.59 Å². The van der Waals surface area contributed by atoms with Crippen LogP contribution in [0, 0.1) is 6.92 Å². The molecule has 29 heavy (non-hydrogen) atoms. The second kappa shape index (κ2) is 8.89. The molecule has 0 saturated carbocycles. The van der Waals surface area contributed by atoms with Crippen molar-refractivity contribution in [2.45, 2.75) is 26.4 Å². The maximum atomic E-state index is 12.7. The summed E-state index contributed by atoms with van der Waals surface area (Å²) in [6.07, 6.45) is 1.99. The number of methoxy groups -OCH3 is 1. The number of carbonyl (C=O) groups excluding carboxylic acids is 2. The van der Waals surface area contributed by atoms with Gasteiger partial charge in [-0.15, -0.1) is 0 Å². The summed E-state index contributed by atoms with van der Waals surface area (Å²) in [7, 11) is 1.30. The van der Waals surface area contributed by atoms with E-state index in [0.29, 0.717) is 16.8 Å². The first-order valence-corrected chi connectivity index (χ1v) is 9.23. The topological polar surface area (TPSA) is 67.9 Å². The van der Waals surface area contributed by atoms with Crippen LogP contribution in [0.1, 0.15) is 39.1 Å². The molecule has 0 aromatic heterocycles. The highest BCUT2D eigenvalue weighted by molar-refractivity contribution is 6.06. The zero-order chi connectivity index (χ0) is 21.0. The van der Waals surface area contributed by atoms with Crippen LogP contribution in [0.4, 0.5) is 14.5 Å². The van der Waals surface area contributed by atoms with E-state index in [0.717, 1.165) is 25.9 Å². The maximum absolute atomic E-state index is 12.7. The molecule has 1 aliphatic rings. The van der Waals surface area contributed by atoms with Gasteiger partial charge in [-0.1, -0.05) is 6.07 Å². The van der Waals surface area contributed by atoms with Crippen molar-refractivity contribution in [2.24, 2.45) is 0 Å². The van der Waals surface area contributed by atoms with Gasteiger partial charge in [0.25, 0.3) is 11.8 Å². The summed E-state index contributed by atoms with van der Waals surface area (Å²) in [6, 6.07) is 9.10. The van der Waals surface area contributed by atoms with E-state index < -0.39 is 12.5 Å². The number of hydrogen-bond donors (Lipinski definition) is 1. The molecule has 0 aliphatic carbocycles. The Morgan fingerprint density at radius 2 is 1.83 bits per heavy atom. The highest BCUT2D eigenvalue weighted by Crippen LogP contribution is 2.30. The van der Waals surface area contributed by atoms with Gasteiger partial charge in [0.05, 0.1) is 7.11 Å². The van der Waals surface area contributed by atoms with Crippen LogP contribution < -0.4 is 14.8 Å². The van der Waals surface area contributed by atoms with Crippen LogP contribution in [-0.4, -0.2) is 43.5 Å². The Bertz CT molecular complexity index is 912. The predicted molar refractivity (Wildman–Crippen MR) is 104 cm³/mol. The third-order valence-electron chi connectivity index (χ3n) is 4.85. The quantitative estimate of drug-likeness (QED) is 0.787. The standard InChI is InChI=1S/C21H22F2N2O4/c1-13-15(20(27)25-10-3-4-11-25)6-5-7-16(13)24-19(26)14-8-9-17(29-21(22)23)18(12-14)28-2/h5-9,12,21H,3-4,10-11H2,1-2H3,(H,24,26). The van der Waals surface area contributed by atoms with E-state index in [-0.39, 0.29) is 23.0 Å². The fourth-order valence-electron chi connectivity index (χ4n) is 3.29.